The molecule has 4 nitrogen and oxygen atoms in total. The summed E-state index contributed by atoms with van der Waals surface area (Å²) in [5.74, 6) is 0.883. The van der Waals surface area contributed by atoms with E-state index in [4.69, 9.17) is 4.98 Å². The van der Waals surface area contributed by atoms with Crippen molar-refractivity contribution in [1.82, 2.24) is 19.1 Å². The maximum atomic E-state index is 4.92. The van der Waals surface area contributed by atoms with Crippen LogP contribution in [0, 0.1) is 0 Å². The van der Waals surface area contributed by atoms with E-state index in [0.717, 1.165) is 50.6 Å². The summed E-state index contributed by atoms with van der Waals surface area (Å²) in [6.45, 7) is 0. The average Bonchev–Trinajstić information content (AvgIpc) is 3.75. The average molecular weight is 697 g/mol. The molecule has 10 aromatic rings. The van der Waals surface area contributed by atoms with Crippen LogP contribution in [0.1, 0.15) is 0 Å². The van der Waals surface area contributed by atoms with Gasteiger partial charge in [-0.2, -0.15) is 0 Å². The number of rotatable bonds is 7. The van der Waals surface area contributed by atoms with Crippen molar-refractivity contribution < 1.29 is 0 Å². The Balaban J connectivity index is 1.24. The summed E-state index contributed by atoms with van der Waals surface area (Å²) >= 11 is 0. The third kappa shape index (κ3) is 5.44. The molecule has 0 amide bonds. The number of nitrogens with zero attached hydrogens (tertiary/aromatic N) is 4. The molecule has 53 heavy (non-hydrogen) atoms. The van der Waals surface area contributed by atoms with Gasteiger partial charge in [0, 0.05) is 39.8 Å². The lowest BCUT2D eigenvalue weighted by atomic mass is 9.99. The highest BCUT2D eigenvalue weighted by molar-refractivity contribution is 7.79. The largest absolute Gasteiger partial charge is 0.295 e. The molecule has 4 heterocycles. The van der Waals surface area contributed by atoms with Gasteiger partial charge in [-0.25, -0.2) is 4.98 Å². The highest BCUT2D eigenvalue weighted by atomic mass is 31.1. The number of hydrogen-bond donors (Lipinski definition) is 0. The zero-order valence-corrected chi connectivity index (χ0v) is 29.7. The van der Waals surface area contributed by atoms with Crippen LogP contribution in [-0.4, -0.2) is 19.1 Å². The van der Waals surface area contributed by atoms with Crippen molar-refractivity contribution in [2.24, 2.45) is 0 Å². The number of fused-ring (bicyclic) bond motifs is 5. The molecule has 0 aliphatic heterocycles. The summed E-state index contributed by atoms with van der Waals surface area (Å²) in [6.07, 6.45) is 3.73. The Bertz CT molecular complexity index is 2840. The van der Waals surface area contributed by atoms with Gasteiger partial charge in [-0.3, -0.25) is 14.1 Å². The molecule has 5 heteroatoms. The lowest BCUT2D eigenvalue weighted by Gasteiger charge is -2.20. The molecule has 10 rings (SSSR count). The van der Waals surface area contributed by atoms with Gasteiger partial charge in [0.25, 0.3) is 0 Å². The van der Waals surface area contributed by atoms with E-state index in [1.807, 2.05) is 30.6 Å². The van der Waals surface area contributed by atoms with Gasteiger partial charge in [-0.15, -0.1) is 0 Å². The summed E-state index contributed by atoms with van der Waals surface area (Å²) in [5, 5.41) is 7.57. The summed E-state index contributed by atoms with van der Waals surface area (Å²) in [7, 11) is -0.782. The molecule has 6 aromatic carbocycles. The topological polar surface area (TPSA) is 35.6 Å². The minimum atomic E-state index is -0.782. The second-order valence-electron chi connectivity index (χ2n) is 13.1. The molecular weight excluding hydrogens is 664 g/mol. The Labute approximate surface area is 309 Å². The fourth-order valence-corrected chi connectivity index (χ4v) is 10.0. The Hall–Kier alpha value is -6.61. The van der Waals surface area contributed by atoms with E-state index in [1.165, 1.54) is 32.1 Å². The lowest BCUT2D eigenvalue weighted by molar-refractivity contribution is 1.02. The minimum Gasteiger partial charge on any atom is -0.295 e. The molecule has 0 N–H and O–H groups in total. The van der Waals surface area contributed by atoms with Crippen LogP contribution in [0.25, 0.3) is 66.7 Å². The number of hydrogen-bond acceptors (Lipinski definition) is 2. The minimum absolute atomic E-state index is 0.782. The van der Waals surface area contributed by atoms with E-state index in [2.05, 4.69) is 184 Å². The van der Waals surface area contributed by atoms with E-state index in [-0.39, 0.29) is 0 Å². The maximum absolute atomic E-state index is 4.92. The molecule has 0 radical (unpaired) electrons. The van der Waals surface area contributed by atoms with Crippen LogP contribution >= 0.6 is 7.92 Å². The number of benzene rings is 6. The molecule has 0 saturated heterocycles. The maximum Gasteiger partial charge on any atom is 0.138 e. The van der Waals surface area contributed by atoms with Gasteiger partial charge in [0.05, 0.1) is 16.7 Å². The van der Waals surface area contributed by atoms with Crippen LogP contribution in [0.15, 0.2) is 200 Å². The first-order valence-corrected chi connectivity index (χ1v) is 19.2. The quantitative estimate of drug-likeness (QED) is 0.156. The molecule has 4 aromatic heterocycles. The van der Waals surface area contributed by atoms with E-state index >= 15 is 0 Å². The van der Waals surface area contributed by atoms with E-state index in [0.29, 0.717) is 0 Å². The van der Waals surface area contributed by atoms with Gasteiger partial charge in [0.1, 0.15) is 11.5 Å². The first-order chi connectivity index (χ1) is 26.3. The number of pyridine rings is 2. The van der Waals surface area contributed by atoms with E-state index < -0.39 is 7.92 Å². The van der Waals surface area contributed by atoms with Crippen molar-refractivity contribution in [3.05, 3.63) is 200 Å². The van der Waals surface area contributed by atoms with Gasteiger partial charge in [0.2, 0.25) is 0 Å². The molecular formula is C48H33N4P. The first-order valence-electron chi connectivity index (χ1n) is 17.8. The van der Waals surface area contributed by atoms with Crippen molar-refractivity contribution in [2.45, 2.75) is 0 Å². The molecule has 0 bridgehead atoms. The number of aromatic nitrogens is 4. The fraction of sp³-hybridized carbons (Fsp3) is 0. The highest BCUT2D eigenvalue weighted by Gasteiger charge is 2.24. The summed E-state index contributed by atoms with van der Waals surface area (Å²) in [6, 6.07) is 67.5. The molecule has 0 saturated carbocycles. The lowest BCUT2D eigenvalue weighted by Crippen LogP contribution is -2.21. The third-order valence-electron chi connectivity index (χ3n) is 9.98. The van der Waals surface area contributed by atoms with Crippen molar-refractivity contribution in [1.29, 1.82) is 0 Å². The van der Waals surface area contributed by atoms with E-state index in [9.17, 15) is 0 Å². The van der Waals surface area contributed by atoms with Gasteiger partial charge in [-0.1, -0.05) is 127 Å². The van der Waals surface area contributed by atoms with Gasteiger partial charge in [0.15, 0.2) is 0 Å². The molecule has 250 valence electrons. The van der Waals surface area contributed by atoms with Crippen molar-refractivity contribution in [3.63, 3.8) is 0 Å². The SMILES string of the molecule is c1ccc(P(c2ccccc2)c2cccc(-n3c4ccccc4c4c5cc(-c6cccc(-c7ccccn7)c6)ccc5n(-c5ccccn5)c43)c2)cc1. The summed E-state index contributed by atoms with van der Waals surface area (Å²) in [4.78, 5) is 9.54. The molecule has 0 spiro atoms. The molecule has 0 aliphatic rings. The van der Waals surface area contributed by atoms with Gasteiger partial charge >= 0.3 is 0 Å². The molecule has 0 aliphatic carbocycles. The summed E-state index contributed by atoms with van der Waals surface area (Å²) in [5.41, 5.74) is 8.87. The van der Waals surface area contributed by atoms with Crippen molar-refractivity contribution >= 4 is 56.7 Å². The Morgan fingerprint density at radius 3 is 1.79 bits per heavy atom. The Kier molecular flexibility index (Phi) is 7.74. The zero-order chi connectivity index (χ0) is 35.1. The van der Waals surface area contributed by atoms with Crippen LogP contribution in [0.5, 0.6) is 0 Å². The predicted octanol–water partition coefficient (Wildman–Crippen LogP) is 10.6. The first kappa shape index (κ1) is 31.2. The van der Waals surface area contributed by atoms with Crippen molar-refractivity contribution in [3.8, 4) is 33.9 Å². The highest BCUT2D eigenvalue weighted by Crippen LogP contribution is 2.42. The number of para-hydroxylation sites is 1. The predicted molar refractivity (Wildman–Crippen MR) is 223 cm³/mol. The van der Waals surface area contributed by atoms with Gasteiger partial charge in [-0.05, 0) is 95.6 Å². The molecule has 0 unspecified atom stereocenters. The van der Waals surface area contributed by atoms with Crippen LogP contribution < -0.4 is 15.9 Å². The third-order valence-corrected chi connectivity index (χ3v) is 12.4. The molecule has 0 fully saturated rings. The molecule has 0 atom stereocenters. The van der Waals surface area contributed by atoms with E-state index in [1.54, 1.807) is 0 Å². The second kappa shape index (κ2) is 13.2. The summed E-state index contributed by atoms with van der Waals surface area (Å²) < 4.78 is 4.77. The smallest absolute Gasteiger partial charge is 0.138 e. The van der Waals surface area contributed by atoms with Crippen LogP contribution in [0.3, 0.4) is 0 Å². The fourth-order valence-electron chi connectivity index (χ4n) is 7.67. The second-order valence-corrected chi connectivity index (χ2v) is 15.3. The van der Waals surface area contributed by atoms with Gasteiger partial charge < -0.3 is 0 Å². The Morgan fingerprint density at radius 1 is 0.396 bits per heavy atom. The van der Waals surface area contributed by atoms with Crippen LogP contribution in [0.2, 0.25) is 0 Å². The van der Waals surface area contributed by atoms with Crippen LogP contribution in [0.4, 0.5) is 0 Å². The normalized spacial score (nSPS) is 11.6. The van der Waals surface area contributed by atoms with Crippen LogP contribution in [-0.2, 0) is 0 Å². The standard InChI is InChI=1S/C48H33N4P/c1-3-18-38(19-4-1)53(39-20-5-2-6-21-39)40-22-14-17-37(33-40)51-44-25-8-7-23-41(44)47-42-32-35(34-15-13-16-36(31-34)43-24-9-11-29-49-43)27-28-45(42)52(48(47)51)46-26-10-12-30-50-46/h1-33H. The van der Waals surface area contributed by atoms with Crippen molar-refractivity contribution in [2.75, 3.05) is 0 Å². The Morgan fingerprint density at radius 2 is 1.04 bits per heavy atom. The zero-order valence-electron chi connectivity index (χ0n) is 28.8. The monoisotopic (exact) mass is 696 g/mol.